The summed E-state index contributed by atoms with van der Waals surface area (Å²) in [5, 5.41) is 6.75. The van der Waals surface area contributed by atoms with Gasteiger partial charge in [-0.1, -0.05) is 18.2 Å². The van der Waals surface area contributed by atoms with Gasteiger partial charge in [0.25, 0.3) is 0 Å². The van der Waals surface area contributed by atoms with Crippen LogP contribution in [0.2, 0.25) is 0 Å². The summed E-state index contributed by atoms with van der Waals surface area (Å²) in [6.45, 7) is 3.58. The molecule has 1 saturated carbocycles. The highest BCUT2D eigenvalue weighted by atomic mass is 127. The van der Waals surface area contributed by atoms with Gasteiger partial charge in [-0.05, 0) is 56.4 Å². The molecule has 0 amide bonds. The average Bonchev–Trinajstić information content (AvgIpc) is 3.19. The number of hydrogen-bond donors (Lipinski definition) is 2. The third kappa shape index (κ3) is 6.96. The summed E-state index contributed by atoms with van der Waals surface area (Å²) in [6, 6.07) is 12.4. The third-order valence-electron chi connectivity index (χ3n) is 4.89. The summed E-state index contributed by atoms with van der Waals surface area (Å²) in [4.78, 5) is 8.66. The van der Waals surface area contributed by atoms with E-state index in [0.29, 0.717) is 12.6 Å². The largest absolute Gasteiger partial charge is 0.490 e. The predicted molar refractivity (Wildman–Crippen MR) is 126 cm³/mol. The number of benzene rings is 1. The second kappa shape index (κ2) is 11.9. The Balaban J connectivity index is 0.00000280. The van der Waals surface area contributed by atoms with Crippen molar-refractivity contribution in [1.29, 1.82) is 0 Å². The molecule has 0 bridgehead atoms. The molecule has 0 radical (unpaired) electrons. The topological polar surface area (TPSA) is 58.5 Å². The van der Waals surface area contributed by atoms with Crippen LogP contribution in [0.25, 0.3) is 0 Å². The summed E-state index contributed by atoms with van der Waals surface area (Å²) in [6.07, 6.45) is 7.93. The van der Waals surface area contributed by atoms with Gasteiger partial charge in [0, 0.05) is 44.0 Å². The van der Waals surface area contributed by atoms with Crippen LogP contribution in [-0.4, -0.2) is 30.6 Å². The van der Waals surface area contributed by atoms with Crippen molar-refractivity contribution in [1.82, 2.24) is 15.6 Å². The van der Waals surface area contributed by atoms with Crippen LogP contribution < -0.4 is 15.4 Å². The number of nitrogens with one attached hydrogen (secondary N) is 2. The summed E-state index contributed by atoms with van der Waals surface area (Å²) in [7, 11) is 1.79. The minimum atomic E-state index is 0. The fraction of sp³-hybridized carbons (Fsp3) is 0.455. The van der Waals surface area contributed by atoms with Crippen molar-refractivity contribution in [3.63, 3.8) is 0 Å². The van der Waals surface area contributed by atoms with Crippen LogP contribution >= 0.6 is 24.0 Å². The Kier molecular flexibility index (Phi) is 9.54. The fourth-order valence-corrected chi connectivity index (χ4v) is 3.36. The van der Waals surface area contributed by atoms with E-state index in [4.69, 9.17) is 4.74 Å². The molecule has 28 heavy (non-hydrogen) atoms. The quantitative estimate of drug-likeness (QED) is 0.344. The molecule has 0 atom stereocenters. The number of pyridine rings is 1. The zero-order chi connectivity index (χ0) is 18.9. The first kappa shape index (κ1) is 22.5. The SMILES string of the molecule is CN=C(NCCc1ccccn1)NCc1ccc(C)cc1OC1CCCC1.I. The Bertz CT molecular complexity index is 745. The normalized spacial score (nSPS) is 14.4. The standard InChI is InChI=1S/C22H30N4O.HI/c1-17-10-11-18(21(15-17)27-20-8-3-4-9-20)16-26-22(23-2)25-14-12-19-7-5-6-13-24-19;/h5-7,10-11,13,15,20H,3-4,8-9,12,14,16H2,1-2H3,(H2,23,25,26);1H. The highest BCUT2D eigenvalue weighted by Crippen LogP contribution is 2.27. The molecular formula is C22H31IN4O. The van der Waals surface area contributed by atoms with Crippen LogP contribution in [-0.2, 0) is 13.0 Å². The monoisotopic (exact) mass is 494 g/mol. The molecule has 1 heterocycles. The number of rotatable bonds is 7. The molecule has 0 unspecified atom stereocenters. The van der Waals surface area contributed by atoms with Gasteiger partial charge in [0.05, 0.1) is 6.10 Å². The van der Waals surface area contributed by atoms with Gasteiger partial charge in [-0.3, -0.25) is 9.98 Å². The molecule has 0 saturated heterocycles. The van der Waals surface area contributed by atoms with E-state index in [1.54, 1.807) is 7.05 Å². The lowest BCUT2D eigenvalue weighted by Gasteiger charge is -2.18. The Morgan fingerprint density at radius 3 is 2.71 bits per heavy atom. The smallest absolute Gasteiger partial charge is 0.191 e. The molecule has 0 spiro atoms. The van der Waals surface area contributed by atoms with E-state index >= 15 is 0 Å². The lowest BCUT2D eigenvalue weighted by molar-refractivity contribution is 0.207. The van der Waals surface area contributed by atoms with Gasteiger partial charge in [-0.15, -0.1) is 24.0 Å². The highest BCUT2D eigenvalue weighted by Gasteiger charge is 2.18. The number of hydrogen-bond acceptors (Lipinski definition) is 3. The zero-order valence-electron chi connectivity index (χ0n) is 16.8. The molecule has 152 valence electrons. The van der Waals surface area contributed by atoms with E-state index in [-0.39, 0.29) is 24.0 Å². The third-order valence-corrected chi connectivity index (χ3v) is 4.89. The second-order valence-corrected chi connectivity index (χ2v) is 7.06. The lowest BCUT2D eigenvalue weighted by atomic mass is 10.1. The predicted octanol–water partition coefficient (Wildman–Crippen LogP) is 4.24. The lowest BCUT2D eigenvalue weighted by Crippen LogP contribution is -2.38. The molecule has 1 aromatic heterocycles. The van der Waals surface area contributed by atoms with Crippen LogP contribution in [0.1, 0.15) is 42.5 Å². The van der Waals surface area contributed by atoms with E-state index in [1.807, 2.05) is 24.4 Å². The average molecular weight is 494 g/mol. The van der Waals surface area contributed by atoms with Crippen LogP contribution in [0, 0.1) is 6.92 Å². The highest BCUT2D eigenvalue weighted by molar-refractivity contribution is 14.0. The van der Waals surface area contributed by atoms with Crippen molar-refractivity contribution < 1.29 is 4.74 Å². The van der Waals surface area contributed by atoms with Gasteiger partial charge in [0.2, 0.25) is 0 Å². The van der Waals surface area contributed by atoms with E-state index in [2.05, 4.69) is 45.7 Å². The summed E-state index contributed by atoms with van der Waals surface area (Å²) in [5.74, 6) is 1.79. The maximum Gasteiger partial charge on any atom is 0.191 e. The number of aryl methyl sites for hydroxylation is 1. The van der Waals surface area contributed by atoms with Crippen molar-refractivity contribution in [2.24, 2.45) is 4.99 Å². The van der Waals surface area contributed by atoms with Crippen molar-refractivity contribution in [2.75, 3.05) is 13.6 Å². The zero-order valence-corrected chi connectivity index (χ0v) is 19.1. The molecule has 2 aromatic rings. The molecule has 6 heteroatoms. The molecule has 1 fully saturated rings. The molecule has 1 aliphatic rings. The van der Waals surface area contributed by atoms with Gasteiger partial charge in [0.15, 0.2) is 5.96 Å². The number of ether oxygens (including phenoxy) is 1. The van der Waals surface area contributed by atoms with E-state index in [1.165, 1.54) is 24.0 Å². The minimum absolute atomic E-state index is 0. The van der Waals surface area contributed by atoms with Crippen LogP contribution in [0.3, 0.4) is 0 Å². The first-order valence-electron chi connectivity index (χ1n) is 9.85. The maximum atomic E-state index is 6.28. The van der Waals surface area contributed by atoms with Crippen LogP contribution in [0.4, 0.5) is 0 Å². The van der Waals surface area contributed by atoms with E-state index in [0.717, 1.165) is 43.2 Å². The molecule has 0 aliphatic heterocycles. The first-order chi connectivity index (χ1) is 13.2. The molecule has 2 N–H and O–H groups in total. The summed E-state index contributed by atoms with van der Waals surface area (Å²) < 4.78 is 6.28. The van der Waals surface area contributed by atoms with Crippen molar-refractivity contribution in [2.45, 2.75) is 51.7 Å². The summed E-state index contributed by atoms with van der Waals surface area (Å²) in [5.41, 5.74) is 3.47. The number of nitrogens with zero attached hydrogens (tertiary/aromatic N) is 2. The Morgan fingerprint density at radius 1 is 1.18 bits per heavy atom. The Hall–Kier alpha value is -1.83. The van der Waals surface area contributed by atoms with Gasteiger partial charge < -0.3 is 15.4 Å². The van der Waals surface area contributed by atoms with Gasteiger partial charge in [0.1, 0.15) is 5.75 Å². The molecule has 5 nitrogen and oxygen atoms in total. The second-order valence-electron chi connectivity index (χ2n) is 7.06. The number of aromatic nitrogens is 1. The van der Waals surface area contributed by atoms with Gasteiger partial charge in [-0.25, -0.2) is 0 Å². The van der Waals surface area contributed by atoms with Gasteiger partial charge in [-0.2, -0.15) is 0 Å². The number of aliphatic imine (C=N–C) groups is 1. The fourth-order valence-electron chi connectivity index (χ4n) is 3.36. The molecular weight excluding hydrogens is 463 g/mol. The van der Waals surface area contributed by atoms with Crippen molar-refractivity contribution in [3.8, 4) is 5.75 Å². The Morgan fingerprint density at radius 2 is 2.00 bits per heavy atom. The first-order valence-corrected chi connectivity index (χ1v) is 9.85. The van der Waals surface area contributed by atoms with Crippen LogP contribution in [0.15, 0.2) is 47.6 Å². The van der Waals surface area contributed by atoms with Crippen molar-refractivity contribution in [3.05, 3.63) is 59.4 Å². The minimum Gasteiger partial charge on any atom is -0.490 e. The maximum absolute atomic E-state index is 6.28. The molecule has 1 aliphatic carbocycles. The van der Waals surface area contributed by atoms with Crippen LogP contribution in [0.5, 0.6) is 5.75 Å². The van der Waals surface area contributed by atoms with E-state index in [9.17, 15) is 0 Å². The summed E-state index contributed by atoms with van der Waals surface area (Å²) >= 11 is 0. The number of halogens is 1. The van der Waals surface area contributed by atoms with E-state index < -0.39 is 0 Å². The molecule has 3 rings (SSSR count). The van der Waals surface area contributed by atoms with Gasteiger partial charge >= 0.3 is 0 Å². The van der Waals surface area contributed by atoms with Crippen molar-refractivity contribution >= 4 is 29.9 Å². The number of guanidine groups is 1. The molecule has 1 aromatic carbocycles. The Labute approximate surface area is 185 Å².